The molecule has 27 heavy (non-hydrogen) atoms. The van der Waals surface area contributed by atoms with Crippen LogP contribution in [0.25, 0.3) is 21.5 Å². The van der Waals surface area contributed by atoms with Crippen LogP contribution in [0.5, 0.6) is 11.5 Å². The van der Waals surface area contributed by atoms with E-state index in [2.05, 4.69) is 9.47 Å². The van der Waals surface area contributed by atoms with Gasteiger partial charge in [-0.1, -0.05) is 42.5 Å². The Morgan fingerprint density at radius 2 is 1.26 bits per heavy atom. The van der Waals surface area contributed by atoms with Gasteiger partial charge in [0.15, 0.2) is 13.2 Å². The quantitative estimate of drug-likeness (QED) is 0.491. The van der Waals surface area contributed by atoms with E-state index in [1.807, 2.05) is 49.4 Å². The molecule has 140 valence electrons. The molecule has 0 aliphatic carbocycles. The first-order chi connectivity index (χ1) is 13.1. The topological polar surface area (TPSA) is 71.1 Å². The van der Waals surface area contributed by atoms with E-state index in [0.717, 1.165) is 27.1 Å². The van der Waals surface area contributed by atoms with Crippen molar-refractivity contribution in [2.24, 2.45) is 0 Å². The number of fused-ring (bicyclic) bond motifs is 2. The predicted octanol–water partition coefficient (Wildman–Crippen LogP) is 3.41. The first kappa shape index (κ1) is 18.5. The van der Waals surface area contributed by atoms with Gasteiger partial charge in [-0.15, -0.1) is 0 Å². The third-order valence-corrected chi connectivity index (χ3v) is 4.28. The maximum atomic E-state index is 11.6. The zero-order chi connectivity index (χ0) is 19.4. The van der Waals surface area contributed by atoms with Gasteiger partial charge in [0.1, 0.15) is 11.5 Å². The summed E-state index contributed by atoms with van der Waals surface area (Å²) in [4.78, 5) is 23.2. The average molecular weight is 368 g/mol. The fourth-order valence-electron chi connectivity index (χ4n) is 3.00. The number of carbonyl (C=O) groups is 2. The number of ether oxygens (including phenoxy) is 4. The highest BCUT2D eigenvalue weighted by atomic mass is 16.6. The number of hydrogen-bond acceptors (Lipinski definition) is 6. The molecule has 0 unspecified atom stereocenters. The molecule has 3 rings (SSSR count). The summed E-state index contributed by atoms with van der Waals surface area (Å²) in [6, 6.07) is 13.3. The van der Waals surface area contributed by atoms with E-state index in [1.54, 1.807) is 0 Å². The molecule has 6 nitrogen and oxygen atoms in total. The van der Waals surface area contributed by atoms with Gasteiger partial charge in [-0.05, 0) is 12.5 Å². The van der Waals surface area contributed by atoms with Crippen molar-refractivity contribution >= 4 is 33.5 Å². The second-order valence-electron chi connectivity index (χ2n) is 5.93. The van der Waals surface area contributed by atoms with Gasteiger partial charge in [-0.25, -0.2) is 9.59 Å². The Balaban J connectivity index is 2.24. The fraction of sp³-hybridized carbons (Fsp3) is 0.238. The Labute approximate surface area is 156 Å². The number of benzene rings is 3. The number of aryl methyl sites for hydroxylation is 1. The summed E-state index contributed by atoms with van der Waals surface area (Å²) in [7, 11) is 2.63. The predicted molar refractivity (Wildman–Crippen MR) is 101 cm³/mol. The molecule has 0 saturated heterocycles. The van der Waals surface area contributed by atoms with Crippen molar-refractivity contribution < 1.29 is 28.5 Å². The van der Waals surface area contributed by atoms with Gasteiger partial charge in [0.05, 0.1) is 14.2 Å². The van der Waals surface area contributed by atoms with Crippen molar-refractivity contribution in [3.05, 3.63) is 48.0 Å². The Morgan fingerprint density at radius 3 is 1.85 bits per heavy atom. The Hall–Kier alpha value is -3.28. The van der Waals surface area contributed by atoms with E-state index in [0.29, 0.717) is 11.5 Å². The maximum absolute atomic E-state index is 11.6. The molecule has 0 aliphatic heterocycles. The molecule has 0 radical (unpaired) electrons. The van der Waals surface area contributed by atoms with Crippen LogP contribution in [0.4, 0.5) is 0 Å². The molecule has 0 aliphatic rings. The van der Waals surface area contributed by atoms with Crippen molar-refractivity contribution in [1.29, 1.82) is 0 Å². The Bertz CT molecular complexity index is 1010. The monoisotopic (exact) mass is 368 g/mol. The Kier molecular flexibility index (Phi) is 5.45. The van der Waals surface area contributed by atoms with Crippen LogP contribution in [0.15, 0.2) is 42.5 Å². The van der Waals surface area contributed by atoms with E-state index in [-0.39, 0.29) is 13.2 Å². The standard InChI is InChI=1S/C21H20O6/c1-13-7-6-10-16-19(13)21(27-12-18(23)25-3)15-9-5-4-8-14(15)20(16)26-11-17(22)24-2/h4-10H,11-12H2,1-3H3. The van der Waals surface area contributed by atoms with E-state index < -0.39 is 11.9 Å². The highest BCUT2D eigenvalue weighted by molar-refractivity contribution is 6.12. The second-order valence-corrected chi connectivity index (χ2v) is 5.93. The molecule has 0 spiro atoms. The number of methoxy groups -OCH3 is 2. The molecule has 0 heterocycles. The average Bonchev–Trinajstić information content (AvgIpc) is 2.70. The largest absolute Gasteiger partial charge is 0.481 e. The highest BCUT2D eigenvalue weighted by Crippen LogP contribution is 2.44. The summed E-state index contributed by atoms with van der Waals surface area (Å²) in [5.74, 6) is 0.215. The molecule has 0 saturated carbocycles. The summed E-state index contributed by atoms with van der Waals surface area (Å²) >= 11 is 0. The lowest BCUT2D eigenvalue weighted by Gasteiger charge is -2.18. The van der Waals surface area contributed by atoms with Crippen molar-refractivity contribution in [3.8, 4) is 11.5 Å². The smallest absolute Gasteiger partial charge is 0.343 e. The molecule has 0 aromatic heterocycles. The minimum absolute atomic E-state index is 0.202. The molecule has 0 fully saturated rings. The molecule has 0 N–H and O–H groups in total. The van der Waals surface area contributed by atoms with Crippen molar-refractivity contribution in [1.82, 2.24) is 0 Å². The third-order valence-electron chi connectivity index (χ3n) is 4.28. The Morgan fingerprint density at radius 1 is 0.741 bits per heavy atom. The molecule has 0 atom stereocenters. The molecule has 6 heteroatoms. The zero-order valence-corrected chi connectivity index (χ0v) is 15.4. The summed E-state index contributed by atoms with van der Waals surface area (Å²) in [6.45, 7) is 1.55. The van der Waals surface area contributed by atoms with Crippen LogP contribution < -0.4 is 9.47 Å². The van der Waals surface area contributed by atoms with Crippen LogP contribution in [-0.2, 0) is 19.1 Å². The SMILES string of the molecule is COC(=O)COc1c2ccccc2c(OCC(=O)OC)c2c(C)cccc12. The first-order valence-electron chi connectivity index (χ1n) is 8.40. The molecule has 0 bridgehead atoms. The van der Waals surface area contributed by atoms with Gasteiger partial charge in [0.2, 0.25) is 0 Å². The second kappa shape index (κ2) is 7.95. The molecule has 3 aromatic carbocycles. The fourth-order valence-corrected chi connectivity index (χ4v) is 3.00. The van der Waals surface area contributed by atoms with E-state index >= 15 is 0 Å². The summed E-state index contributed by atoms with van der Waals surface area (Å²) < 4.78 is 21.0. The summed E-state index contributed by atoms with van der Waals surface area (Å²) in [5, 5.41) is 3.17. The van der Waals surface area contributed by atoms with Crippen LogP contribution in [0.3, 0.4) is 0 Å². The molecular formula is C21H20O6. The number of rotatable bonds is 6. The number of esters is 2. The van der Waals surface area contributed by atoms with Crippen LogP contribution in [0, 0.1) is 6.92 Å². The first-order valence-corrected chi connectivity index (χ1v) is 8.40. The number of carbonyl (C=O) groups excluding carboxylic acids is 2. The van der Waals surface area contributed by atoms with E-state index in [9.17, 15) is 9.59 Å². The lowest BCUT2D eigenvalue weighted by Crippen LogP contribution is -2.14. The maximum Gasteiger partial charge on any atom is 0.343 e. The minimum Gasteiger partial charge on any atom is -0.481 e. The van der Waals surface area contributed by atoms with Crippen LogP contribution in [0.1, 0.15) is 5.56 Å². The van der Waals surface area contributed by atoms with Gasteiger partial charge in [0.25, 0.3) is 0 Å². The van der Waals surface area contributed by atoms with Crippen LogP contribution in [0.2, 0.25) is 0 Å². The lowest BCUT2D eigenvalue weighted by molar-refractivity contribution is -0.143. The highest BCUT2D eigenvalue weighted by Gasteiger charge is 2.19. The van der Waals surface area contributed by atoms with E-state index in [1.165, 1.54) is 14.2 Å². The normalized spacial score (nSPS) is 10.6. The summed E-state index contributed by atoms with van der Waals surface area (Å²) in [5.41, 5.74) is 0.959. The zero-order valence-electron chi connectivity index (χ0n) is 15.4. The van der Waals surface area contributed by atoms with E-state index in [4.69, 9.17) is 9.47 Å². The van der Waals surface area contributed by atoms with Crippen LogP contribution >= 0.6 is 0 Å². The number of hydrogen-bond donors (Lipinski definition) is 0. The molecular weight excluding hydrogens is 348 g/mol. The molecule has 3 aromatic rings. The minimum atomic E-state index is -0.467. The van der Waals surface area contributed by atoms with Gasteiger partial charge in [-0.3, -0.25) is 0 Å². The van der Waals surface area contributed by atoms with Gasteiger partial charge in [0, 0.05) is 21.5 Å². The van der Waals surface area contributed by atoms with Crippen molar-refractivity contribution in [3.63, 3.8) is 0 Å². The van der Waals surface area contributed by atoms with Gasteiger partial charge >= 0.3 is 11.9 Å². The van der Waals surface area contributed by atoms with Crippen LogP contribution in [-0.4, -0.2) is 39.4 Å². The van der Waals surface area contributed by atoms with Crippen molar-refractivity contribution in [2.75, 3.05) is 27.4 Å². The van der Waals surface area contributed by atoms with Crippen molar-refractivity contribution in [2.45, 2.75) is 6.92 Å². The van der Waals surface area contributed by atoms with Gasteiger partial charge < -0.3 is 18.9 Å². The molecule has 0 amide bonds. The van der Waals surface area contributed by atoms with Gasteiger partial charge in [-0.2, -0.15) is 0 Å². The lowest BCUT2D eigenvalue weighted by atomic mass is 9.97. The summed E-state index contributed by atoms with van der Waals surface area (Å²) in [6.07, 6.45) is 0. The third kappa shape index (κ3) is 3.65.